The molecule has 2 unspecified atom stereocenters. The molecule has 0 saturated heterocycles. The Kier molecular flexibility index (Phi) is 4.04. The van der Waals surface area contributed by atoms with Crippen LogP contribution in [0.2, 0.25) is 0 Å². The van der Waals surface area contributed by atoms with E-state index in [1.807, 2.05) is 13.0 Å². The van der Waals surface area contributed by atoms with Crippen molar-refractivity contribution in [1.29, 1.82) is 0 Å². The van der Waals surface area contributed by atoms with Gasteiger partial charge in [-0.2, -0.15) is 0 Å². The van der Waals surface area contributed by atoms with E-state index in [1.54, 1.807) is 0 Å². The number of hydrogen-bond donors (Lipinski definition) is 2. The molecule has 4 nitrogen and oxygen atoms in total. The number of benzene rings is 1. The number of ether oxygens (including phenoxy) is 1. The molecule has 3 N–H and O–H groups in total. The van der Waals surface area contributed by atoms with Crippen molar-refractivity contribution in [3.8, 4) is 5.75 Å². The zero-order valence-electron chi connectivity index (χ0n) is 10.9. The number of nitrogens with zero attached hydrogens (tertiary/aromatic N) is 1. The van der Waals surface area contributed by atoms with Crippen molar-refractivity contribution in [2.45, 2.75) is 32.0 Å². The lowest BCUT2D eigenvalue weighted by Gasteiger charge is -2.22. The van der Waals surface area contributed by atoms with E-state index in [-0.39, 0.29) is 18.4 Å². The first-order valence-corrected chi connectivity index (χ1v) is 6.32. The lowest BCUT2D eigenvalue weighted by atomic mass is 10.0. The van der Waals surface area contributed by atoms with Crippen LogP contribution >= 0.6 is 12.4 Å². The Labute approximate surface area is 118 Å². The van der Waals surface area contributed by atoms with E-state index in [0.29, 0.717) is 13.0 Å². The lowest BCUT2D eigenvalue weighted by Crippen LogP contribution is -2.25. The van der Waals surface area contributed by atoms with E-state index in [2.05, 4.69) is 22.9 Å². The third-order valence-electron chi connectivity index (χ3n) is 3.38. The number of halogens is 1. The topological polar surface area (TPSA) is 60.4 Å². The van der Waals surface area contributed by atoms with Gasteiger partial charge in [0.05, 0.1) is 6.10 Å². The Morgan fingerprint density at radius 1 is 1.47 bits per heavy atom. The number of rotatable bonds is 2. The van der Waals surface area contributed by atoms with E-state index in [9.17, 15) is 5.11 Å². The van der Waals surface area contributed by atoms with Crippen molar-refractivity contribution < 1.29 is 9.84 Å². The summed E-state index contributed by atoms with van der Waals surface area (Å²) in [5.41, 5.74) is 8.11. The van der Waals surface area contributed by atoms with Gasteiger partial charge in [0.2, 0.25) is 0 Å². The maximum atomic E-state index is 9.72. The van der Waals surface area contributed by atoms with Crippen LogP contribution in [-0.4, -0.2) is 28.4 Å². The van der Waals surface area contributed by atoms with Gasteiger partial charge in [-0.15, -0.1) is 12.4 Å². The molecule has 0 radical (unpaired) electrons. The number of fused-ring (bicyclic) bond motifs is 3. The van der Waals surface area contributed by atoms with Gasteiger partial charge in [-0.3, -0.25) is 0 Å². The van der Waals surface area contributed by atoms with Gasteiger partial charge in [0.15, 0.2) is 0 Å². The van der Waals surface area contributed by atoms with Crippen molar-refractivity contribution in [3.63, 3.8) is 0 Å². The summed E-state index contributed by atoms with van der Waals surface area (Å²) in [6.45, 7) is 3.18. The Hall–Kier alpha value is -1.23. The molecule has 2 heterocycles. The summed E-state index contributed by atoms with van der Waals surface area (Å²) in [6, 6.07) is 6.26. The number of nitrogens with two attached hydrogens (primary N) is 1. The van der Waals surface area contributed by atoms with Gasteiger partial charge < -0.3 is 20.1 Å². The maximum absolute atomic E-state index is 9.72. The minimum Gasteiger partial charge on any atom is -0.491 e. The molecule has 0 spiro atoms. The molecule has 104 valence electrons. The second-order valence-corrected chi connectivity index (χ2v) is 5.09. The third-order valence-corrected chi connectivity index (χ3v) is 3.38. The number of aliphatic hydroxyl groups is 1. The molecule has 2 aromatic rings. The normalized spacial score (nSPS) is 19.4. The van der Waals surface area contributed by atoms with E-state index in [1.165, 1.54) is 0 Å². The average molecular weight is 283 g/mol. The van der Waals surface area contributed by atoms with Gasteiger partial charge in [0.1, 0.15) is 12.4 Å². The summed E-state index contributed by atoms with van der Waals surface area (Å²) in [5, 5.41) is 10.9. The number of hydrogen-bond acceptors (Lipinski definition) is 3. The van der Waals surface area contributed by atoms with Crippen molar-refractivity contribution in [2.24, 2.45) is 5.73 Å². The highest BCUT2D eigenvalue weighted by Crippen LogP contribution is 2.32. The molecule has 3 rings (SSSR count). The van der Waals surface area contributed by atoms with Gasteiger partial charge >= 0.3 is 0 Å². The van der Waals surface area contributed by atoms with Gasteiger partial charge in [0, 0.05) is 41.7 Å². The van der Waals surface area contributed by atoms with Gasteiger partial charge in [0.25, 0.3) is 0 Å². The van der Waals surface area contributed by atoms with E-state index in [0.717, 1.165) is 28.8 Å². The Morgan fingerprint density at radius 3 is 3.00 bits per heavy atom. The largest absolute Gasteiger partial charge is 0.491 e. The van der Waals surface area contributed by atoms with Crippen LogP contribution in [0.1, 0.15) is 12.5 Å². The molecule has 5 heteroatoms. The van der Waals surface area contributed by atoms with Crippen LogP contribution in [0, 0.1) is 0 Å². The molecule has 0 aliphatic carbocycles. The first-order valence-electron chi connectivity index (χ1n) is 6.32. The first kappa shape index (κ1) is 14.2. The van der Waals surface area contributed by atoms with E-state index < -0.39 is 6.10 Å². The highest BCUT2D eigenvalue weighted by atomic mass is 35.5. The average Bonchev–Trinajstić information content (AvgIpc) is 2.72. The molecule has 1 aliphatic rings. The predicted molar refractivity (Wildman–Crippen MR) is 78.0 cm³/mol. The molecule has 0 bridgehead atoms. The fraction of sp³-hybridized carbons (Fsp3) is 0.429. The number of aromatic nitrogens is 1. The summed E-state index contributed by atoms with van der Waals surface area (Å²) in [5.74, 6) is 0.895. The minimum absolute atomic E-state index is 0. The standard InChI is InChI=1S/C14H18N2O2.ClH/c1-9(15)7-16-5-4-11-12-6-10(17)8-18-14(12)3-2-13(11)16;/h2-5,9-10,17H,6-8,15H2,1H3;1H. The molecular formula is C14H19ClN2O2. The zero-order chi connectivity index (χ0) is 12.7. The molecule has 1 aliphatic heterocycles. The Morgan fingerprint density at radius 2 is 2.26 bits per heavy atom. The molecule has 0 fully saturated rings. The highest BCUT2D eigenvalue weighted by molar-refractivity contribution is 5.86. The summed E-state index contributed by atoms with van der Waals surface area (Å²) in [7, 11) is 0. The summed E-state index contributed by atoms with van der Waals surface area (Å²) >= 11 is 0. The highest BCUT2D eigenvalue weighted by Gasteiger charge is 2.20. The van der Waals surface area contributed by atoms with Crippen molar-refractivity contribution in [2.75, 3.05) is 6.61 Å². The Balaban J connectivity index is 0.00000133. The van der Waals surface area contributed by atoms with Crippen molar-refractivity contribution >= 4 is 23.3 Å². The quantitative estimate of drug-likeness (QED) is 0.881. The lowest BCUT2D eigenvalue weighted by molar-refractivity contribution is 0.0927. The summed E-state index contributed by atoms with van der Waals surface area (Å²) in [4.78, 5) is 0. The molecule has 1 aromatic carbocycles. The molecule has 0 amide bonds. The molecule has 1 aromatic heterocycles. The van der Waals surface area contributed by atoms with Crippen LogP contribution in [0.4, 0.5) is 0 Å². The summed E-state index contributed by atoms with van der Waals surface area (Å²) in [6.07, 6.45) is 2.31. The second kappa shape index (κ2) is 5.41. The van der Waals surface area contributed by atoms with Crippen LogP contribution in [-0.2, 0) is 13.0 Å². The zero-order valence-corrected chi connectivity index (χ0v) is 11.7. The van der Waals surface area contributed by atoms with Crippen LogP contribution in [0.15, 0.2) is 24.4 Å². The van der Waals surface area contributed by atoms with E-state index >= 15 is 0 Å². The second-order valence-electron chi connectivity index (χ2n) is 5.09. The van der Waals surface area contributed by atoms with Crippen molar-refractivity contribution in [1.82, 2.24) is 4.57 Å². The first-order chi connectivity index (χ1) is 8.65. The molecule has 19 heavy (non-hydrogen) atoms. The monoisotopic (exact) mass is 282 g/mol. The van der Waals surface area contributed by atoms with Crippen LogP contribution in [0.3, 0.4) is 0 Å². The number of aliphatic hydroxyl groups excluding tert-OH is 1. The van der Waals surface area contributed by atoms with Gasteiger partial charge in [-0.25, -0.2) is 0 Å². The fourth-order valence-corrected chi connectivity index (χ4v) is 2.61. The van der Waals surface area contributed by atoms with Crippen LogP contribution in [0.5, 0.6) is 5.75 Å². The van der Waals surface area contributed by atoms with Crippen molar-refractivity contribution in [3.05, 3.63) is 30.0 Å². The van der Waals surface area contributed by atoms with E-state index in [4.69, 9.17) is 10.5 Å². The van der Waals surface area contributed by atoms with Gasteiger partial charge in [-0.05, 0) is 25.1 Å². The SMILES string of the molecule is CC(N)Cn1ccc2c3c(ccc21)OCC(O)C3.Cl. The van der Waals surface area contributed by atoms with Crippen LogP contribution < -0.4 is 10.5 Å². The van der Waals surface area contributed by atoms with Gasteiger partial charge in [-0.1, -0.05) is 0 Å². The fourth-order valence-electron chi connectivity index (χ4n) is 2.61. The molecule has 0 saturated carbocycles. The predicted octanol–water partition coefficient (Wildman–Crippen LogP) is 1.71. The third kappa shape index (κ3) is 2.56. The Bertz CT molecular complexity index is 580. The van der Waals surface area contributed by atoms with Crippen LogP contribution in [0.25, 0.3) is 10.9 Å². The molecule has 2 atom stereocenters. The minimum atomic E-state index is -0.403. The maximum Gasteiger partial charge on any atom is 0.123 e. The summed E-state index contributed by atoms with van der Waals surface area (Å²) < 4.78 is 7.70. The smallest absolute Gasteiger partial charge is 0.123 e. The molecular weight excluding hydrogens is 264 g/mol.